The molecule has 1 aliphatic heterocycles. The first-order valence-electron chi connectivity index (χ1n) is 10.4. The van der Waals surface area contributed by atoms with E-state index in [1.165, 1.54) is 38.5 Å². The molecule has 0 atom stereocenters. The van der Waals surface area contributed by atoms with E-state index in [4.69, 9.17) is 0 Å². The second-order valence-electron chi connectivity index (χ2n) is 9.37. The highest BCUT2D eigenvalue weighted by Gasteiger charge is 2.53. The van der Waals surface area contributed by atoms with Crippen molar-refractivity contribution in [3.63, 3.8) is 0 Å². The van der Waals surface area contributed by atoms with Gasteiger partial charge in [0.2, 0.25) is 5.91 Å². The molecule has 6 nitrogen and oxygen atoms in total. The molecule has 6 heteroatoms. The van der Waals surface area contributed by atoms with Crippen LogP contribution in [0.25, 0.3) is 0 Å². The summed E-state index contributed by atoms with van der Waals surface area (Å²) in [5.74, 6) is 4.70. The van der Waals surface area contributed by atoms with Gasteiger partial charge in [0.1, 0.15) is 18.2 Å². The van der Waals surface area contributed by atoms with Gasteiger partial charge >= 0.3 is 0 Å². The Bertz CT molecular complexity index is 668. The Morgan fingerprint density at radius 2 is 1.58 bits per heavy atom. The van der Waals surface area contributed by atoms with Crippen molar-refractivity contribution in [2.45, 2.75) is 64.5 Å². The highest BCUT2D eigenvalue weighted by Crippen LogP contribution is 2.57. The van der Waals surface area contributed by atoms with Crippen molar-refractivity contribution in [2.75, 3.05) is 26.2 Å². The molecule has 4 aliphatic carbocycles. The summed E-state index contributed by atoms with van der Waals surface area (Å²) in [6, 6.07) is 0. The first-order chi connectivity index (χ1) is 12.5. The standard InChI is InChI=1S/C20H31N5O/c1-14-21-15(2)25(22-14)13-19(26)23-3-5-24(6-4-23)20-10-16-7-17(11-20)9-18(8-16)12-20/h16-18H,3-13H2,1-2H3. The molecule has 26 heavy (non-hydrogen) atoms. The van der Waals surface area contributed by atoms with Crippen molar-refractivity contribution < 1.29 is 4.79 Å². The summed E-state index contributed by atoms with van der Waals surface area (Å²) in [5.41, 5.74) is 0.476. The van der Waals surface area contributed by atoms with Crippen LogP contribution < -0.4 is 0 Å². The van der Waals surface area contributed by atoms with Gasteiger partial charge < -0.3 is 4.90 Å². The Morgan fingerprint density at radius 3 is 2.08 bits per heavy atom. The van der Waals surface area contributed by atoms with E-state index >= 15 is 0 Å². The summed E-state index contributed by atoms with van der Waals surface area (Å²) in [6.45, 7) is 7.95. The third-order valence-corrected chi connectivity index (χ3v) is 7.56. The minimum absolute atomic E-state index is 0.183. The fourth-order valence-electron chi connectivity index (χ4n) is 6.82. The molecule has 4 bridgehead atoms. The number of piperazine rings is 1. The lowest BCUT2D eigenvalue weighted by atomic mass is 9.52. The van der Waals surface area contributed by atoms with Gasteiger partial charge in [0.25, 0.3) is 0 Å². The maximum atomic E-state index is 12.7. The molecule has 0 unspecified atom stereocenters. The van der Waals surface area contributed by atoms with Crippen LogP contribution in [-0.2, 0) is 11.3 Å². The van der Waals surface area contributed by atoms with Crippen molar-refractivity contribution in [1.29, 1.82) is 0 Å². The van der Waals surface area contributed by atoms with Gasteiger partial charge in [0, 0.05) is 31.7 Å². The van der Waals surface area contributed by atoms with Crippen LogP contribution in [0.1, 0.15) is 50.2 Å². The average Bonchev–Trinajstić information content (AvgIpc) is 2.91. The largest absolute Gasteiger partial charge is 0.339 e. The minimum atomic E-state index is 0.183. The molecule has 0 radical (unpaired) electrons. The normalized spacial score (nSPS) is 36.7. The van der Waals surface area contributed by atoms with Crippen molar-refractivity contribution >= 4 is 5.91 Å². The Hall–Kier alpha value is -1.43. The topological polar surface area (TPSA) is 54.3 Å². The molecule has 2 heterocycles. The number of amides is 1. The number of carbonyl (C=O) groups is 1. The number of aromatic nitrogens is 3. The number of nitrogens with zero attached hydrogens (tertiary/aromatic N) is 5. The lowest BCUT2D eigenvalue weighted by molar-refractivity contribution is -0.139. The average molecular weight is 358 g/mol. The summed E-state index contributed by atoms with van der Waals surface area (Å²) < 4.78 is 1.74. The maximum absolute atomic E-state index is 12.7. The molecule has 6 rings (SSSR count). The monoisotopic (exact) mass is 357 g/mol. The second kappa shape index (κ2) is 6.04. The van der Waals surface area contributed by atoms with Crippen LogP contribution in [0.5, 0.6) is 0 Å². The van der Waals surface area contributed by atoms with Gasteiger partial charge in [0.05, 0.1) is 0 Å². The van der Waals surface area contributed by atoms with E-state index in [-0.39, 0.29) is 5.91 Å². The van der Waals surface area contributed by atoms with Crippen LogP contribution in [0.2, 0.25) is 0 Å². The van der Waals surface area contributed by atoms with E-state index in [1.807, 2.05) is 18.7 Å². The smallest absolute Gasteiger partial charge is 0.244 e. The van der Waals surface area contributed by atoms with Crippen molar-refractivity contribution in [3.05, 3.63) is 11.6 Å². The Morgan fingerprint density at radius 1 is 1.00 bits per heavy atom. The molecule has 0 aromatic carbocycles. The molecule has 1 saturated heterocycles. The third-order valence-electron chi connectivity index (χ3n) is 7.56. The highest BCUT2D eigenvalue weighted by molar-refractivity contribution is 5.76. The summed E-state index contributed by atoms with van der Waals surface area (Å²) in [6.07, 6.45) is 8.75. The lowest BCUT2D eigenvalue weighted by Crippen LogP contribution is -2.64. The SMILES string of the molecule is Cc1nc(C)n(CC(=O)N2CCN(C34CC5CC(CC(C5)C3)C4)CC2)n1. The Kier molecular flexibility index (Phi) is 3.89. The highest BCUT2D eigenvalue weighted by atomic mass is 16.2. The van der Waals surface area contributed by atoms with E-state index < -0.39 is 0 Å². The van der Waals surface area contributed by atoms with Crippen LogP contribution in [-0.4, -0.2) is 62.2 Å². The first kappa shape index (κ1) is 16.7. The molecule has 1 aromatic heterocycles. The Labute approximate surface area is 155 Å². The second-order valence-corrected chi connectivity index (χ2v) is 9.37. The van der Waals surface area contributed by atoms with Gasteiger partial charge in [-0.3, -0.25) is 9.69 Å². The zero-order valence-corrected chi connectivity index (χ0v) is 16.2. The Balaban J connectivity index is 1.21. The molecule has 0 spiro atoms. The van der Waals surface area contributed by atoms with Gasteiger partial charge in [0.15, 0.2) is 0 Å². The zero-order chi connectivity index (χ0) is 17.9. The quantitative estimate of drug-likeness (QED) is 0.830. The van der Waals surface area contributed by atoms with Gasteiger partial charge in [-0.15, -0.1) is 0 Å². The molecule has 0 N–H and O–H groups in total. The maximum Gasteiger partial charge on any atom is 0.244 e. The van der Waals surface area contributed by atoms with E-state index in [0.717, 1.165) is 55.6 Å². The predicted molar refractivity (Wildman–Crippen MR) is 98.6 cm³/mol. The van der Waals surface area contributed by atoms with E-state index in [1.54, 1.807) is 4.68 Å². The summed E-state index contributed by atoms with van der Waals surface area (Å²) in [4.78, 5) is 21.8. The van der Waals surface area contributed by atoms with Gasteiger partial charge in [-0.05, 0) is 70.1 Å². The van der Waals surface area contributed by atoms with Gasteiger partial charge in [-0.1, -0.05) is 0 Å². The summed E-state index contributed by atoms with van der Waals surface area (Å²) in [7, 11) is 0. The van der Waals surface area contributed by atoms with Crippen LogP contribution >= 0.6 is 0 Å². The fourth-order valence-corrected chi connectivity index (χ4v) is 6.82. The molecule has 4 saturated carbocycles. The van der Waals surface area contributed by atoms with Crippen molar-refractivity contribution in [3.8, 4) is 0 Å². The fraction of sp³-hybridized carbons (Fsp3) is 0.850. The number of hydrogen-bond donors (Lipinski definition) is 0. The number of rotatable bonds is 3. The molecule has 5 aliphatic rings. The molecular formula is C20H31N5O. The third kappa shape index (κ3) is 2.77. The minimum Gasteiger partial charge on any atom is -0.339 e. The van der Waals surface area contributed by atoms with Crippen LogP contribution in [0, 0.1) is 31.6 Å². The zero-order valence-electron chi connectivity index (χ0n) is 16.2. The van der Waals surface area contributed by atoms with Crippen LogP contribution in [0.3, 0.4) is 0 Å². The summed E-state index contributed by atoms with van der Waals surface area (Å²) >= 11 is 0. The lowest BCUT2D eigenvalue weighted by Gasteiger charge is -2.61. The predicted octanol–water partition coefficient (Wildman–Crippen LogP) is 2.01. The molecule has 142 valence electrons. The van der Waals surface area contributed by atoms with Crippen molar-refractivity contribution in [1.82, 2.24) is 24.6 Å². The van der Waals surface area contributed by atoms with E-state index in [0.29, 0.717) is 12.1 Å². The van der Waals surface area contributed by atoms with Crippen LogP contribution in [0.4, 0.5) is 0 Å². The van der Waals surface area contributed by atoms with E-state index in [9.17, 15) is 4.79 Å². The number of carbonyl (C=O) groups excluding carboxylic acids is 1. The van der Waals surface area contributed by atoms with E-state index in [2.05, 4.69) is 15.0 Å². The number of hydrogen-bond acceptors (Lipinski definition) is 4. The molecule has 1 amide bonds. The summed E-state index contributed by atoms with van der Waals surface area (Å²) in [5, 5.41) is 4.33. The number of aryl methyl sites for hydroxylation is 2. The van der Waals surface area contributed by atoms with Crippen LogP contribution in [0.15, 0.2) is 0 Å². The molecular weight excluding hydrogens is 326 g/mol. The van der Waals surface area contributed by atoms with Gasteiger partial charge in [-0.25, -0.2) is 9.67 Å². The molecule has 5 fully saturated rings. The molecule has 1 aromatic rings. The van der Waals surface area contributed by atoms with Gasteiger partial charge in [-0.2, -0.15) is 5.10 Å². The first-order valence-corrected chi connectivity index (χ1v) is 10.4. The van der Waals surface area contributed by atoms with Crippen molar-refractivity contribution in [2.24, 2.45) is 17.8 Å².